The van der Waals surface area contributed by atoms with Crippen LogP contribution in [-0.4, -0.2) is 63.0 Å². The number of rotatable bonds is 6. The van der Waals surface area contributed by atoms with Crippen LogP contribution in [0.15, 0.2) is 36.7 Å². The number of aromatic nitrogens is 3. The minimum Gasteiger partial charge on any atom is -0.478 e. The first kappa shape index (κ1) is 24.3. The number of carboxylic acid groups (broad SMARTS) is 1. The van der Waals surface area contributed by atoms with Crippen molar-refractivity contribution < 1.29 is 19.1 Å². The molecule has 1 aliphatic rings. The molecule has 1 fully saturated rings. The Bertz CT molecular complexity index is 1280. The number of aromatic carboxylic acids is 1. The molecule has 3 aromatic rings. The highest BCUT2D eigenvalue weighted by molar-refractivity contribution is 6.31. The van der Waals surface area contributed by atoms with Crippen molar-refractivity contribution in [1.29, 1.82) is 0 Å². The molecule has 2 N–H and O–H groups in total. The number of nitrogens with one attached hydrogen (secondary N) is 1. The molecular weight excluding hydrogens is 475 g/mol. The van der Waals surface area contributed by atoms with Crippen LogP contribution in [0.4, 0.5) is 21.8 Å². The van der Waals surface area contributed by atoms with Crippen LogP contribution in [0, 0.1) is 5.82 Å². The molecule has 2 aromatic heterocycles. The molecule has 0 unspecified atom stereocenters. The van der Waals surface area contributed by atoms with E-state index in [-0.39, 0.29) is 22.4 Å². The predicted octanol–water partition coefficient (Wildman–Crippen LogP) is 4.00. The van der Waals surface area contributed by atoms with Crippen LogP contribution in [-0.2, 0) is 11.2 Å². The molecule has 9 nitrogen and oxygen atoms in total. The standard InChI is InChI=1S/C24H24ClFN6O3/c1-3-21-17(23(34)35)10-15(12-27-21)18-13-28-24(29-16-4-5-20(26)19(25)11-16)30-22(18)32-8-6-31(7-9-32)14(2)33/h4-5,10-13H,3,6-9H2,1-2H3,(H,34,35)(H,28,29,30). The zero-order chi connectivity index (χ0) is 25.1. The third-order valence-electron chi connectivity index (χ3n) is 5.82. The van der Waals surface area contributed by atoms with E-state index < -0.39 is 11.8 Å². The van der Waals surface area contributed by atoms with E-state index in [2.05, 4.69) is 15.3 Å². The molecule has 182 valence electrons. The van der Waals surface area contributed by atoms with E-state index in [1.807, 2.05) is 11.8 Å². The number of amides is 1. The van der Waals surface area contributed by atoms with Crippen LogP contribution in [0.3, 0.4) is 0 Å². The van der Waals surface area contributed by atoms with Gasteiger partial charge in [0.1, 0.15) is 11.6 Å². The average Bonchev–Trinajstić information content (AvgIpc) is 2.86. The lowest BCUT2D eigenvalue weighted by atomic mass is 10.0. The number of carbonyl (C=O) groups is 2. The molecule has 1 aliphatic heterocycles. The number of halogens is 2. The highest BCUT2D eigenvalue weighted by Crippen LogP contribution is 2.32. The van der Waals surface area contributed by atoms with Crippen LogP contribution < -0.4 is 10.2 Å². The van der Waals surface area contributed by atoms with Crippen LogP contribution in [0.25, 0.3) is 11.1 Å². The molecule has 1 saturated heterocycles. The second-order valence-electron chi connectivity index (χ2n) is 8.05. The van der Waals surface area contributed by atoms with Crippen molar-refractivity contribution in [1.82, 2.24) is 19.9 Å². The van der Waals surface area contributed by atoms with Gasteiger partial charge in [-0.1, -0.05) is 18.5 Å². The molecule has 0 aliphatic carbocycles. The first-order valence-corrected chi connectivity index (χ1v) is 11.5. The molecule has 1 aromatic carbocycles. The van der Waals surface area contributed by atoms with Gasteiger partial charge in [-0.25, -0.2) is 14.2 Å². The van der Waals surface area contributed by atoms with Crippen molar-refractivity contribution in [2.75, 3.05) is 36.4 Å². The maximum absolute atomic E-state index is 13.5. The van der Waals surface area contributed by atoms with Crippen molar-refractivity contribution in [3.05, 3.63) is 58.8 Å². The monoisotopic (exact) mass is 498 g/mol. The third kappa shape index (κ3) is 5.32. The fraction of sp³-hybridized carbons (Fsp3) is 0.292. The Labute approximate surface area is 206 Å². The maximum Gasteiger partial charge on any atom is 0.337 e. The van der Waals surface area contributed by atoms with Gasteiger partial charge < -0.3 is 20.2 Å². The highest BCUT2D eigenvalue weighted by Gasteiger charge is 2.24. The van der Waals surface area contributed by atoms with E-state index in [1.54, 1.807) is 23.4 Å². The molecule has 0 radical (unpaired) electrons. The van der Waals surface area contributed by atoms with Crippen molar-refractivity contribution in [3.63, 3.8) is 0 Å². The van der Waals surface area contributed by atoms with Gasteiger partial charge in [0.2, 0.25) is 11.9 Å². The molecule has 1 amide bonds. The van der Waals surface area contributed by atoms with Crippen LogP contribution in [0.2, 0.25) is 5.02 Å². The largest absolute Gasteiger partial charge is 0.478 e. The Hall–Kier alpha value is -3.79. The Morgan fingerprint density at radius 2 is 1.89 bits per heavy atom. The Morgan fingerprint density at radius 1 is 1.14 bits per heavy atom. The first-order valence-electron chi connectivity index (χ1n) is 11.1. The molecule has 11 heteroatoms. The van der Waals surface area contributed by atoms with Gasteiger partial charge in [-0.05, 0) is 30.7 Å². The van der Waals surface area contributed by atoms with Crippen molar-refractivity contribution in [2.45, 2.75) is 20.3 Å². The molecule has 4 rings (SSSR count). The normalized spacial score (nSPS) is 13.6. The SMILES string of the molecule is CCc1ncc(-c2cnc(Nc3ccc(F)c(Cl)c3)nc2N2CCN(C(C)=O)CC2)cc1C(=O)O. The third-order valence-corrected chi connectivity index (χ3v) is 6.11. The van der Waals surface area contributed by atoms with Crippen LogP contribution in [0.1, 0.15) is 29.9 Å². The lowest BCUT2D eigenvalue weighted by molar-refractivity contribution is -0.129. The van der Waals surface area contributed by atoms with Crippen LogP contribution >= 0.6 is 11.6 Å². The summed E-state index contributed by atoms with van der Waals surface area (Å²) >= 11 is 5.89. The minimum atomic E-state index is -1.06. The Balaban J connectivity index is 1.74. The molecule has 3 heterocycles. The van der Waals surface area contributed by atoms with Crippen LogP contribution in [0.5, 0.6) is 0 Å². The zero-order valence-electron chi connectivity index (χ0n) is 19.3. The number of carboxylic acids is 1. The van der Waals surface area contributed by atoms with E-state index >= 15 is 0 Å². The number of aryl methyl sites for hydroxylation is 1. The second kappa shape index (κ2) is 10.2. The number of hydrogen-bond acceptors (Lipinski definition) is 7. The fourth-order valence-electron chi connectivity index (χ4n) is 3.92. The topological polar surface area (TPSA) is 112 Å². The second-order valence-corrected chi connectivity index (χ2v) is 8.46. The van der Waals surface area contributed by atoms with E-state index in [0.29, 0.717) is 60.9 Å². The van der Waals surface area contributed by atoms with Gasteiger partial charge in [0.25, 0.3) is 0 Å². The minimum absolute atomic E-state index is 0.00793. The molecular formula is C24H24ClFN6O3. The summed E-state index contributed by atoms with van der Waals surface area (Å²) in [6.45, 7) is 5.52. The van der Waals surface area contributed by atoms with Gasteiger partial charge in [-0.2, -0.15) is 4.98 Å². The van der Waals surface area contributed by atoms with E-state index in [1.165, 1.54) is 25.1 Å². The zero-order valence-corrected chi connectivity index (χ0v) is 20.0. The first-order chi connectivity index (χ1) is 16.8. The fourth-order valence-corrected chi connectivity index (χ4v) is 4.10. The summed E-state index contributed by atoms with van der Waals surface area (Å²) in [5.41, 5.74) is 2.31. The Morgan fingerprint density at radius 3 is 2.51 bits per heavy atom. The van der Waals surface area contributed by atoms with Gasteiger partial charge in [-0.15, -0.1) is 0 Å². The summed E-state index contributed by atoms with van der Waals surface area (Å²) in [4.78, 5) is 40.8. The number of carbonyl (C=O) groups excluding carboxylic acids is 1. The summed E-state index contributed by atoms with van der Waals surface area (Å²) in [5, 5.41) is 12.6. The number of benzene rings is 1. The van der Waals surface area contributed by atoms with E-state index in [4.69, 9.17) is 16.6 Å². The quantitative estimate of drug-likeness (QED) is 0.524. The maximum atomic E-state index is 13.5. The van der Waals surface area contributed by atoms with Crippen molar-refractivity contribution in [3.8, 4) is 11.1 Å². The van der Waals surface area contributed by atoms with Crippen molar-refractivity contribution >= 4 is 40.9 Å². The summed E-state index contributed by atoms with van der Waals surface area (Å²) in [6, 6.07) is 5.78. The highest BCUT2D eigenvalue weighted by atomic mass is 35.5. The predicted molar refractivity (Wildman–Crippen MR) is 131 cm³/mol. The number of nitrogens with zero attached hydrogens (tertiary/aromatic N) is 5. The van der Waals surface area contributed by atoms with Gasteiger partial charge in [0.15, 0.2) is 0 Å². The van der Waals surface area contributed by atoms with E-state index in [9.17, 15) is 19.1 Å². The molecule has 0 bridgehead atoms. The molecule has 35 heavy (non-hydrogen) atoms. The van der Waals surface area contributed by atoms with Gasteiger partial charge in [0, 0.05) is 62.3 Å². The molecule has 0 atom stereocenters. The van der Waals surface area contributed by atoms with E-state index in [0.717, 1.165) is 0 Å². The lowest BCUT2D eigenvalue weighted by Gasteiger charge is -2.35. The molecule has 0 saturated carbocycles. The number of hydrogen-bond donors (Lipinski definition) is 2. The number of piperazine rings is 1. The smallest absolute Gasteiger partial charge is 0.337 e. The summed E-state index contributed by atoms with van der Waals surface area (Å²) < 4.78 is 13.5. The number of anilines is 3. The van der Waals surface area contributed by atoms with Crippen molar-refractivity contribution in [2.24, 2.45) is 0 Å². The lowest BCUT2D eigenvalue weighted by Crippen LogP contribution is -2.48. The summed E-state index contributed by atoms with van der Waals surface area (Å²) in [6.07, 6.45) is 3.70. The van der Waals surface area contributed by atoms with Gasteiger partial charge in [-0.3, -0.25) is 9.78 Å². The van der Waals surface area contributed by atoms with Gasteiger partial charge in [0.05, 0.1) is 16.3 Å². The summed E-state index contributed by atoms with van der Waals surface area (Å²) in [7, 11) is 0. The summed E-state index contributed by atoms with van der Waals surface area (Å²) in [5.74, 6) is -0.748. The average molecular weight is 499 g/mol. The van der Waals surface area contributed by atoms with Gasteiger partial charge >= 0.3 is 5.97 Å². The Kier molecular flexibility index (Phi) is 7.11. The molecule has 0 spiro atoms. The number of pyridine rings is 1.